The van der Waals surface area contributed by atoms with Crippen LogP contribution in [0.15, 0.2) is 22.7 Å². The summed E-state index contributed by atoms with van der Waals surface area (Å²) < 4.78 is 10.8. The molecule has 0 unspecified atom stereocenters. The summed E-state index contributed by atoms with van der Waals surface area (Å²) in [7, 11) is 1.63. The van der Waals surface area contributed by atoms with Gasteiger partial charge in [-0.1, -0.05) is 6.92 Å². The van der Waals surface area contributed by atoms with Crippen molar-refractivity contribution >= 4 is 5.78 Å². The number of furan rings is 1. The van der Waals surface area contributed by atoms with Crippen molar-refractivity contribution in [2.45, 2.75) is 33.6 Å². The van der Waals surface area contributed by atoms with Gasteiger partial charge >= 0.3 is 0 Å². The first-order valence-corrected chi connectivity index (χ1v) is 6.67. The van der Waals surface area contributed by atoms with Crippen molar-refractivity contribution in [2.75, 3.05) is 7.11 Å². The van der Waals surface area contributed by atoms with Crippen LogP contribution in [-0.4, -0.2) is 17.9 Å². The number of hydrogen-bond donors (Lipinski definition) is 0. The minimum absolute atomic E-state index is 0.0637. The number of aromatic nitrogens is 1. The van der Waals surface area contributed by atoms with E-state index in [9.17, 15) is 4.79 Å². The fraction of sp³-hybridized carbons (Fsp3) is 0.375. The van der Waals surface area contributed by atoms with Crippen molar-refractivity contribution in [3.8, 4) is 5.75 Å². The van der Waals surface area contributed by atoms with Crippen LogP contribution in [0.3, 0.4) is 0 Å². The van der Waals surface area contributed by atoms with E-state index in [1.165, 1.54) is 0 Å². The van der Waals surface area contributed by atoms with Gasteiger partial charge in [-0.25, -0.2) is 0 Å². The Kier molecular flexibility index (Phi) is 4.23. The maximum Gasteiger partial charge on any atom is 0.203 e. The van der Waals surface area contributed by atoms with Crippen LogP contribution in [0.4, 0.5) is 0 Å². The molecule has 0 radical (unpaired) electrons. The molecule has 20 heavy (non-hydrogen) atoms. The van der Waals surface area contributed by atoms with Gasteiger partial charge in [0.1, 0.15) is 11.5 Å². The van der Waals surface area contributed by atoms with Crippen molar-refractivity contribution in [2.24, 2.45) is 0 Å². The van der Waals surface area contributed by atoms with E-state index in [0.717, 1.165) is 34.8 Å². The van der Waals surface area contributed by atoms with Gasteiger partial charge in [0.25, 0.3) is 0 Å². The number of carbonyl (C=O) groups is 1. The summed E-state index contributed by atoms with van der Waals surface area (Å²) in [4.78, 5) is 16.5. The normalized spacial score (nSPS) is 10.6. The third-order valence-electron chi connectivity index (χ3n) is 3.36. The molecule has 0 bridgehead atoms. The molecule has 0 atom stereocenters. The quantitative estimate of drug-likeness (QED) is 0.784. The number of nitrogens with zero attached hydrogens (tertiary/aromatic N) is 1. The van der Waals surface area contributed by atoms with Crippen molar-refractivity contribution in [3.63, 3.8) is 0 Å². The van der Waals surface area contributed by atoms with Crippen molar-refractivity contribution in [1.29, 1.82) is 0 Å². The molecule has 0 spiro atoms. The Hall–Kier alpha value is -2.10. The standard InChI is InChI=1S/C16H19NO3/c1-5-12-6-7-15(20-12)14(18)8-13-11(3)16(19-4)10(2)9-17-13/h6-7,9H,5,8H2,1-4H3. The molecule has 0 saturated carbocycles. The monoisotopic (exact) mass is 273 g/mol. The van der Waals surface area contributed by atoms with Crippen LogP contribution in [0.5, 0.6) is 5.75 Å². The molecule has 106 valence electrons. The topological polar surface area (TPSA) is 52.3 Å². The number of methoxy groups -OCH3 is 1. The van der Waals surface area contributed by atoms with Crippen LogP contribution in [0, 0.1) is 13.8 Å². The van der Waals surface area contributed by atoms with Gasteiger partial charge in [0.2, 0.25) is 5.78 Å². The van der Waals surface area contributed by atoms with E-state index in [2.05, 4.69) is 4.98 Å². The van der Waals surface area contributed by atoms with Gasteiger partial charge in [-0.2, -0.15) is 0 Å². The average molecular weight is 273 g/mol. The predicted octanol–water partition coefficient (Wildman–Crippen LogP) is 3.29. The summed E-state index contributed by atoms with van der Waals surface area (Å²) in [5.74, 6) is 1.94. The highest BCUT2D eigenvalue weighted by molar-refractivity contribution is 5.95. The van der Waals surface area contributed by atoms with Crippen LogP contribution in [-0.2, 0) is 12.8 Å². The Labute approximate surface area is 118 Å². The van der Waals surface area contributed by atoms with Crippen LogP contribution in [0.2, 0.25) is 0 Å². The summed E-state index contributed by atoms with van der Waals surface area (Å²) in [6, 6.07) is 3.56. The molecular formula is C16H19NO3. The molecule has 0 aliphatic rings. The minimum Gasteiger partial charge on any atom is -0.496 e. The minimum atomic E-state index is -0.0637. The van der Waals surface area contributed by atoms with E-state index in [-0.39, 0.29) is 12.2 Å². The van der Waals surface area contributed by atoms with E-state index in [4.69, 9.17) is 9.15 Å². The Morgan fingerprint density at radius 2 is 2.10 bits per heavy atom. The lowest BCUT2D eigenvalue weighted by Gasteiger charge is -2.11. The fourth-order valence-corrected chi connectivity index (χ4v) is 2.21. The number of ether oxygens (including phenoxy) is 1. The molecule has 2 aromatic rings. The highest BCUT2D eigenvalue weighted by Gasteiger charge is 2.16. The second kappa shape index (κ2) is 5.90. The van der Waals surface area contributed by atoms with Gasteiger partial charge in [-0.3, -0.25) is 9.78 Å². The number of aryl methyl sites for hydroxylation is 2. The third kappa shape index (κ3) is 2.74. The molecule has 0 N–H and O–H groups in total. The lowest BCUT2D eigenvalue weighted by atomic mass is 10.1. The van der Waals surface area contributed by atoms with E-state index in [1.807, 2.05) is 26.8 Å². The highest BCUT2D eigenvalue weighted by atomic mass is 16.5. The lowest BCUT2D eigenvalue weighted by molar-refractivity contribution is 0.0963. The van der Waals surface area contributed by atoms with E-state index < -0.39 is 0 Å². The Morgan fingerprint density at radius 3 is 2.70 bits per heavy atom. The van der Waals surface area contributed by atoms with E-state index >= 15 is 0 Å². The average Bonchev–Trinajstić information content (AvgIpc) is 2.91. The molecule has 2 aromatic heterocycles. The molecule has 0 aromatic carbocycles. The molecule has 0 fully saturated rings. The molecule has 0 aliphatic carbocycles. The molecule has 0 aliphatic heterocycles. The van der Waals surface area contributed by atoms with Crippen molar-refractivity contribution < 1.29 is 13.9 Å². The maximum atomic E-state index is 12.2. The summed E-state index contributed by atoms with van der Waals surface area (Å²) in [5.41, 5.74) is 2.60. The Bertz CT molecular complexity index is 629. The number of carbonyl (C=O) groups excluding carboxylic acids is 1. The highest BCUT2D eigenvalue weighted by Crippen LogP contribution is 2.25. The van der Waals surface area contributed by atoms with E-state index in [1.54, 1.807) is 19.4 Å². The molecule has 4 heteroatoms. The van der Waals surface area contributed by atoms with Gasteiger partial charge in [0.05, 0.1) is 19.2 Å². The predicted molar refractivity (Wildman–Crippen MR) is 76.4 cm³/mol. The second-order valence-electron chi connectivity index (χ2n) is 4.77. The summed E-state index contributed by atoms with van der Waals surface area (Å²) in [6.45, 7) is 5.84. The first kappa shape index (κ1) is 14.3. The number of rotatable bonds is 5. The van der Waals surface area contributed by atoms with Gasteiger partial charge in [-0.05, 0) is 26.0 Å². The van der Waals surface area contributed by atoms with E-state index in [0.29, 0.717) is 5.76 Å². The zero-order valence-corrected chi connectivity index (χ0v) is 12.3. The first-order chi connectivity index (χ1) is 9.56. The van der Waals surface area contributed by atoms with Crippen LogP contribution in [0.1, 0.15) is 40.1 Å². The SMILES string of the molecule is CCc1ccc(C(=O)Cc2ncc(C)c(OC)c2C)o1. The van der Waals surface area contributed by atoms with Gasteiger partial charge in [-0.15, -0.1) is 0 Å². The summed E-state index contributed by atoms with van der Waals surface area (Å²) >= 11 is 0. The summed E-state index contributed by atoms with van der Waals surface area (Å²) in [5, 5.41) is 0. The van der Waals surface area contributed by atoms with Gasteiger partial charge < -0.3 is 9.15 Å². The molecule has 4 nitrogen and oxygen atoms in total. The molecule has 0 saturated heterocycles. The first-order valence-electron chi connectivity index (χ1n) is 6.67. The van der Waals surface area contributed by atoms with Crippen molar-refractivity contribution in [3.05, 3.63) is 46.7 Å². The molecule has 2 heterocycles. The number of pyridine rings is 1. The maximum absolute atomic E-state index is 12.2. The number of hydrogen-bond acceptors (Lipinski definition) is 4. The van der Waals surface area contributed by atoms with Crippen molar-refractivity contribution in [1.82, 2.24) is 4.98 Å². The fourth-order valence-electron chi connectivity index (χ4n) is 2.21. The van der Waals surface area contributed by atoms with Gasteiger partial charge in [0, 0.05) is 23.7 Å². The lowest BCUT2D eigenvalue weighted by Crippen LogP contribution is -2.07. The number of Topliss-reactive ketones (excluding diaryl/α,β-unsaturated/α-hetero) is 1. The molecular weight excluding hydrogens is 254 g/mol. The number of ketones is 1. The third-order valence-corrected chi connectivity index (χ3v) is 3.36. The van der Waals surface area contributed by atoms with Crippen LogP contribution < -0.4 is 4.74 Å². The van der Waals surface area contributed by atoms with Crippen LogP contribution >= 0.6 is 0 Å². The molecule has 2 rings (SSSR count). The smallest absolute Gasteiger partial charge is 0.203 e. The van der Waals surface area contributed by atoms with Gasteiger partial charge in [0.15, 0.2) is 5.76 Å². The van der Waals surface area contributed by atoms with Crippen LogP contribution in [0.25, 0.3) is 0 Å². The Morgan fingerprint density at radius 1 is 1.35 bits per heavy atom. The largest absolute Gasteiger partial charge is 0.496 e. The second-order valence-corrected chi connectivity index (χ2v) is 4.77. The molecule has 0 amide bonds. The zero-order valence-electron chi connectivity index (χ0n) is 12.3. The zero-order chi connectivity index (χ0) is 14.7. The Balaban J connectivity index is 2.23. The summed E-state index contributed by atoms with van der Waals surface area (Å²) in [6.07, 6.45) is 2.73.